The Bertz CT molecular complexity index is 451. The molecule has 4 heteroatoms. The van der Waals surface area contributed by atoms with Gasteiger partial charge in [-0.25, -0.2) is 0 Å². The highest BCUT2D eigenvalue weighted by molar-refractivity contribution is 5.23. The predicted octanol–water partition coefficient (Wildman–Crippen LogP) is 1.48. The maximum absolute atomic E-state index is 11.0. The summed E-state index contributed by atoms with van der Waals surface area (Å²) in [5, 5.41) is 11.0. The Labute approximate surface area is 126 Å². The Morgan fingerprint density at radius 1 is 1.24 bits per heavy atom. The third kappa shape index (κ3) is 3.14. The van der Waals surface area contributed by atoms with Gasteiger partial charge in [-0.3, -0.25) is 4.90 Å². The monoisotopic (exact) mass is 290 g/mol. The van der Waals surface area contributed by atoms with Crippen molar-refractivity contribution in [3.8, 4) is 0 Å². The van der Waals surface area contributed by atoms with Gasteiger partial charge < -0.3 is 15.6 Å². The largest absolute Gasteiger partial charge is 0.382 e. The standard InChI is InChI=1S/C17H26N2O2/c18-12-17(20,14-6-2-1-3-7-14)13-19-10-11-21-16-9-5-4-8-15(16)19/h1-3,6-7,15-16,20H,4-5,8-13,18H2. The second-order valence-corrected chi connectivity index (χ2v) is 6.33. The minimum Gasteiger partial charge on any atom is -0.382 e. The van der Waals surface area contributed by atoms with Crippen LogP contribution in [0.4, 0.5) is 0 Å². The number of nitrogens with two attached hydrogens (primary N) is 1. The molecule has 4 nitrogen and oxygen atoms in total. The lowest BCUT2D eigenvalue weighted by Crippen LogP contribution is -2.57. The molecule has 116 valence electrons. The fourth-order valence-electron chi connectivity index (χ4n) is 3.73. The molecule has 0 aromatic heterocycles. The van der Waals surface area contributed by atoms with E-state index in [1.165, 1.54) is 19.3 Å². The number of hydrogen-bond acceptors (Lipinski definition) is 4. The molecule has 3 N–H and O–H groups in total. The number of nitrogens with zero attached hydrogens (tertiary/aromatic N) is 1. The van der Waals surface area contributed by atoms with E-state index < -0.39 is 5.60 Å². The Hall–Kier alpha value is -0.940. The van der Waals surface area contributed by atoms with Gasteiger partial charge in [0, 0.05) is 25.7 Å². The summed E-state index contributed by atoms with van der Waals surface area (Å²) in [6, 6.07) is 10.2. The van der Waals surface area contributed by atoms with Crippen LogP contribution in [0.5, 0.6) is 0 Å². The summed E-state index contributed by atoms with van der Waals surface area (Å²) >= 11 is 0. The highest BCUT2D eigenvalue weighted by Crippen LogP contribution is 2.31. The van der Waals surface area contributed by atoms with Crippen LogP contribution in [0.3, 0.4) is 0 Å². The number of benzene rings is 1. The summed E-state index contributed by atoms with van der Waals surface area (Å²) in [5.41, 5.74) is 5.85. The van der Waals surface area contributed by atoms with Crippen LogP contribution in [0, 0.1) is 0 Å². The predicted molar refractivity (Wildman–Crippen MR) is 83.0 cm³/mol. The summed E-state index contributed by atoms with van der Waals surface area (Å²) in [7, 11) is 0. The Balaban J connectivity index is 1.76. The summed E-state index contributed by atoms with van der Waals surface area (Å²) in [6.07, 6.45) is 5.17. The molecule has 21 heavy (non-hydrogen) atoms. The Morgan fingerprint density at radius 3 is 2.76 bits per heavy atom. The number of rotatable bonds is 4. The third-order valence-electron chi connectivity index (χ3n) is 4.96. The zero-order valence-corrected chi connectivity index (χ0v) is 12.6. The number of β-amino-alcohol motifs (C(OH)–C–C–N with tert-alkyl or cyclic N) is 1. The molecule has 3 rings (SSSR count). The van der Waals surface area contributed by atoms with E-state index in [4.69, 9.17) is 10.5 Å². The molecule has 3 unspecified atom stereocenters. The topological polar surface area (TPSA) is 58.7 Å². The lowest BCUT2D eigenvalue weighted by atomic mass is 9.87. The molecule has 1 aromatic carbocycles. The van der Waals surface area contributed by atoms with Gasteiger partial charge in [-0.15, -0.1) is 0 Å². The first-order valence-corrected chi connectivity index (χ1v) is 8.06. The second kappa shape index (κ2) is 6.44. The van der Waals surface area contributed by atoms with E-state index in [0.717, 1.165) is 25.1 Å². The normalized spacial score (nSPS) is 29.6. The zero-order valence-electron chi connectivity index (χ0n) is 12.6. The molecular formula is C17H26N2O2. The molecule has 2 aliphatic rings. The number of fused-ring (bicyclic) bond motifs is 1. The molecule has 2 fully saturated rings. The van der Waals surface area contributed by atoms with E-state index in [9.17, 15) is 5.11 Å². The zero-order chi connectivity index (χ0) is 14.7. The Kier molecular flexibility index (Phi) is 4.60. The van der Waals surface area contributed by atoms with Gasteiger partial charge >= 0.3 is 0 Å². The maximum atomic E-state index is 11.0. The van der Waals surface area contributed by atoms with Crippen molar-refractivity contribution in [2.75, 3.05) is 26.2 Å². The van der Waals surface area contributed by atoms with Crippen molar-refractivity contribution in [3.63, 3.8) is 0 Å². The van der Waals surface area contributed by atoms with Crippen LogP contribution in [0.2, 0.25) is 0 Å². The second-order valence-electron chi connectivity index (χ2n) is 6.33. The summed E-state index contributed by atoms with van der Waals surface area (Å²) in [4.78, 5) is 2.40. The fourth-order valence-corrected chi connectivity index (χ4v) is 3.73. The van der Waals surface area contributed by atoms with Crippen molar-refractivity contribution in [2.45, 2.75) is 43.4 Å². The number of aliphatic hydroxyl groups is 1. The maximum Gasteiger partial charge on any atom is 0.114 e. The van der Waals surface area contributed by atoms with Gasteiger partial charge in [0.05, 0.1) is 12.7 Å². The quantitative estimate of drug-likeness (QED) is 0.882. The summed E-state index contributed by atoms with van der Waals surface area (Å²) in [6.45, 7) is 2.48. The van der Waals surface area contributed by atoms with Gasteiger partial charge in [-0.2, -0.15) is 0 Å². The molecule has 3 atom stereocenters. The number of morpholine rings is 1. The van der Waals surface area contributed by atoms with Gasteiger partial charge in [0.1, 0.15) is 5.60 Å². The van der Waals surface area contributed by atoms with Crippen LogP contribution in [0.25, 0.3) is 0 Å². The minimum atomic E-state index is -0.972. The SMILES string of the molecule is NCC(O)(CN1CCOC2CCCCC21)c1ccccc1. The van der Waals surface area contributed by atoms with Crippen molar-refractivity contribution in [1.82, 2.24) is 4.90 Å². The molecule has 0 amide bonds. The molecule has 1 aromatic rings. The van der Waals surface area contributed by atoms with E-state index in [2.05, 4.69) is 4.90 Å². The van der Waals surface area contributed by atoms with Gasteiger partial charge in [-0.1, -0.05) is 43.2 Å². The highest BCUT2D eigenvalue weighted by Gasteiger charge is 2.39. The first-order valence-electron chi connectivity index (χ1n) is 8.06. The van der Waals surface area contributed by atoms with Gasteiger partial charge in [0.15, 0.2) is 0 Å². The Morgan fingerprint density at radius 2 is 2.00 bits per heavy atom. The molecule has 0 spiro atoms. The summed E-state index contributed by atoms with van der Waals surface area (Å²) in [5.74, 6) is 0. The average molecular weight is 290 g/mol. The lowest BCUT2D eigenvalue weighted by Gasteiger charge is -2.46. The minimum absolute atomic E-state index is 0.242. The molecule has 1 aliphatic carbocycles. The summed E-state index contributed by atoms with van der Waals surface area (Å²) < 4.78 is 5.91. The first kappa shape index (κ1) is 15.0. The van der Waals surface area contributed by atoms with Crippen LogP contribution in [0.1, 0.15) is 31.2 Å². The van der Waals surface area contributed by atoms with E-state index in [0.29, 0.717) is 18.7 Å². The number of ether oxygens (including phenoxy) is 1. The van der Waals surface area contributed by atoms with E-state index in [-0.39, 0.29) is 6.54 Å². The van der Waals surface area contributed by atoms with E-state index >= 15 is 0 Å². The molecule has 1 aliphatic heterocycles. The smallest absolute Gasteiger partial charge is 0.114 e. The molecule has 0 bridgehead atoms. The van der Waals surface area contributed by atoms with Crippen LogP contribution in [0.15, 0.2) is 30.3 Å². The van der Waals surface area contributed by atoms with Crippen molar-refractivity contribution in [3.05, 3.63) is 35.9 Å². The van der Waals surface area contributed by atoms with Crippen molar-refractivity contribution < 1.29 is 9.84 Å². The van der Waals surface area contributed by atoms with Crippen LogP contribution >= 0.6 is 0 Å². The lowest BCUT2D eigenvalue weighted by molar-refractivity contribution is -0.112. The van der Waals surface area contributed by atoms with Gasteiger partial charge in [-0.05, 0) is 18.4 Å². The van der Waals surface area contributed by atoms with Crippen LogP contribution in [-0.4, -0.2) is 48.4 Å². The van der Waals surface area contributed by atoms with Gasteiger partial charge in [0.2, 0.25) is 0 Å². The molecule has 1 saturated carbocycles. The molecule has 1 saturated heterocycles. The third-order valence-corrected chi connectivity index (χ3v) is 4.96. The molecule has 0 radical (unpaired) electrons. The van der Waals surface area contributed by atoms with E-state index in [1.54, 1.807) is 0 Å². The van der Waals surface area contributed by atoms with Crippen molar-refractivity contribution in [1.29, 1.82) is 0 Å². The fraction of sp³-hybridized carbons (Fsp3) is 0.647. The van der Waals surface area contributed by atoms with Crippen molar-refractivity contribution in [2.24, 2.45) is 5.73 Å². The van der Waals surface area contributed by atoms with Crippen LogP contribution in [-0.2, 0) is 10.3 Å². The highest BCUT2D eigenvalue weighted by atomic mass is 16.5. The van der Waals surface area contributed by atoms with Crippen molar-refractivity contribution >= 4 is 0 Å². The molecular weight excluding hydrogens is 264 g/mol. The number of hydrogen-bond donors (Lipinski definition) is 2. The average Bonchev–Trinajstić information content (AvgIpc) is 2.56. The van der Waals surface area contributed by atoms with E-state index in [1.807, 2.05) is 30.3 Å². The van der Waals surface area contributed by atoms with Crippen LogP contribution < -0.4 is 5.73 Å². The first-order chi connectivity index (χ1) is 10.2. The van der Waals surface area contributed by atoms with Gasteiger partial charge in [0.25, 0.3) is 0 Å². The molecule has 1 heterocycles.